The lowest BCUT2D eigenvalue weighted by molar-refractivity contribution is -0.138. The van der Waals surface area contributed by atoms with E-state index in [1.165, 1.54) is 17.9 Å². The number of aliphatic hydroxyl groups is 1. The zero-order chi connectivity index (χ0) is 22.1. The van der Waals surface area contributed by atoms with Gasteiger partial charge in [0.15, 0.2) is 0 Å². The summed E-state index contributed by atoms with van der Waals surface area (Å²) in [6.07, 6.45) is 0.772. The minimum absolute atomic E-state index is 0.0319. The third-order valence-corrected chi connectivity index (χ3v) is 6.27. The van der Waals surface area contributed by atoms with Gasteiger partial charge in [0.1, 0.15) is 18.5 Å². The van der Waals surface area contributed by atoms with Crippen molar-refractivity contribution in [1.29, 1.82) is 0 Å². The Balaban J connectivity index is 1.45. The van der Waals surface area contributed by atoms with Crippen molar-refractivity contribution in [2.24, 2.45) is 5.92 Å². The fraction of sp³-hybridized carbons (Fsp3) is 0.571. The Labute approximate surface area is 179 Å². The number of piperidine rings is 1. The van der Waals surface area contributed by atoms with Gasteiger partial charge in [0.05, 0.1) is 30.5 Å². The lowest BCUT2D eigenvalue weighted by Crippen LogP contribution is -2.49. The number of anilines is 2. The fourth-order valence-corrected chi connectivity index (χ4v) is 4.79. The van der Waals surface area contributed by atoms with Crippen LogP contribution in [0, 0.1) is 11.7 Å². The molecule has 2 N–H and O–H groups in total. The van der Waals surface area contributed by atoms with Gasteiger partial charge >= 0.3 is 6.09 Å². The molecular weight excluding hydrogens is 407 g/mol. The van der Waals surface area contributed by atoms with E-state index in [0.29, 0.717) is 31.0 Å². The number of ether oxygens (including phenoxy) is 1. The number of hydrogen-bond acceptors (Lipinski definition) is 6. The maximum Gasteiger partial charge on any atom is 0.414 e. The lowest BCUT2D eigenvalue weighted by Gasteiger charge is -2.36. The minimum Gasteiger partial charge on any atom is -0.442 e. The summed E-state index contributed by atoms with van der Waals surface area (Å²) in [5.74, 6) is -0.704. The van der Waals surface area contributed by atoms with Crippen LogP contribution in [0.5, 0.6) is 0 Å². The van der Waals surface area contributed by atoms with E-state index in [1.54, 1.807) is 17.0 Å². The molecule has 0 spiro atoms. The average molecular weight is 434 g/mol. The van der Waals surface area contributed by atoms with Crippen LogP contribution in [0.25, 0.3) is 0 Å². The van der Waals surface area contributed by atoms with Gasteiger partial charge in [-0.1, -0.05) is 0 Å². The molecule has 4 rings (SSSR count). The van der Waals surface area contributed by atoms with Crippen molar-refractivity contribution < 1.29 is 28.6 Å². The summed E-state index contributed by atoms with van der Waals surface area (Å²) in [5, 5.41) is 11.9. The molecule has 3 aliphatic heterocycles. The number of carbonyl (C=O) groups is 3. The number of nitrogens with zero attached hydrogens (tertiary/aromatic N) is 3. The molecule has 1 aromatic rings. The lowest BCUT2D eigenvalue weighted by atomic mass is 9.92. The van der Waals surface area contributed by atoms with E-state index in [2.05, 4.69) is 5.32 Å². The minimum atomic E-state index is -0.576. The molecular formula is C21H27FN4O5. The summed E-state index contributed by atoms with van der Waals surface area (Å²) in [4.78, 5) is 40.3. The van der Waals surface area contributed by atoms with Crippen LogP contribution in [0.3, 0.4) is 0 Å². The molecule has 3 fully saturated rings. The van der Waals surface area contributed by atoms with E-state index < -0.39 is 24.6 Å². The van der Waals surface area contributed by atoms with Crippen LogP contribution in [0.15, 0.2) is 18.2 Å². The van der Waals surface area contributed by atoms with Crippen molar-refractivity contribution in [3.05, 3.63) is 24.0 Å². The Hall–Kier alpha value is -2.88. The first kappa shape index (κ1) is 21.4. The van der Waals surface area contributed by atoms with Gasteiger partial charge in [-0.3, -0.25) is 14.5 Å². The number of aliphatic hydroxyl groups excluding tert-OH is 1. The maximum atomic E-state index is 15.0. The maximum absolute atomic E-state index is 15.0. The monoisotopic (exact) mass is 434 g/mol. The highest BCUT2D eigenvalue weighted by Gasteiger charge is 2.41. The van der Waals surface area contributed by atoms with Crippen LogP contribution >= 0.6 is 0 Å². The van der Waals surface area contributed by atoms with E-state index in [-0.39, 0.29) is 36.9 Å². The van der Waals surface area contributed by atoms with Gasteiger partial charge < -0.3 is 25.0 Å². The second-order valence-electron chi connectivity index (χ2n) is 8.31. The SMILES string of the molecule is CC(=O)NCC1CN(c2ccc(N3CC4CCCN(C(=O)CO)[C@H]4C3)c(F)c2)C(=O)O1. The van der Waals surface area contributed by atoms with Gasteiger partial charge in [0.25, 0.3) is 0 Å². The van der Waals surface area contributed by atoms with Crippen molar-refractivity contribution in [2.75, 3.05) is 49.1 Å². The van der Waals surface area contributed by atoms with Crippen molar-refractivity contribution in [2.45, 2.75) is 31.9 Å². The third kappa shape index (κ3) is 4.30. The molecule has 31 heavy (non-hydrogen) atoms. The molecule has 1 aromatic carbocycles. The molecule has 0 saturated carbocycles. The number of likely N-dealkylation sites (tertiary alicyclic amines) is 1. The van der Waals surface area contributed by atoms with Crippen molar-refractivity contribution in [3.8, 4) is 0 Å². The van der Waals surface area contributed by atoms with Crippen LogP contribution < -0.4 is 15.1 Å². The van der Waals surface area contributed by atoms with Crippen molar-refractivity contribution >= 4 is 29.3 Å². The Kier molecular flexibility index (Phi) is 5.99. The van der Waals surface area contributed by atoms with Gasteiger partial charge in [-0.2, -0.15) is 0 Å². The molecule has 9 nitrogen and oxygen atoms in total. The van der Waals surface area contributed by atoms with Gasteiger partial charge in [0, 0.05) is 26.6 Å². The van der Waals surface area contributed by atoms with Crippen LogP contribution in [-0.4, -0.2) is 79.4 Å². The molecule has 2 unspecified atom stereocenters. The Bertz CT molecular complexity index is 881. The summed E-state index contributed by atoms with van der Waals surface area (Å²) in [7, 11) is 0. The van der Waals surface area contributed by atoms with Crippen LogP contribution in [-0.2, 0) is 14.3 Å². The number of halogens is 1. The summed E-state index contributed by atoms with van der Waals surface area (Å²) >= 11 is 0. The van der Waals surface area contributed by atoms with Gasteiger partial charge in [-0.15, -0.1) is 0 Å². The topological polar surface area (TPSA) is 102 Å². The summed E-state index contributed by atoms with van der Waals surface area (Å²) in [6, 6.07) is 4.61. The Morgan fingerprint density at radius 2 is 2.10 bits per heavy atom. The summed E-state index contributed by atoms with van der Waals surface area (Å²) in [5.41, 5.74) is 0.821. The first-order valence-corrected chi connectivity index (χ1v) is 10.5. The predicted molar refractivity (Wildman–Crippen MR) is 110 cm³/mol. The molecule has 3 saturated heterocycles. The van der Waals surface area contributed by atoms with E-state index in [1.807, 2.05) is 4.90 Å². The molecule has 0 bridgehead atoms. The van der Waals surface area contributed by atoms with Crippen molar-refractivity contribution in [1.82, 2.24) is 10.2 Å². The molecule has 0 aliphatic carbocycles. The number of cyclic esters (lactones) is 1. The second kappa shape index (κ2) is 8.70. The molecule has 168 valence electrons. The molecule has 0 radical (unpaired) electrons. The largest absolute Gasteiger partial charge is 0.442 e. The molecule has 0 aromatic heterocycles. The Morgan fingerprint density at radius 3 is 2.81 bits per heavy atom. The number of hydrogen-bond donors (Lipinski definition) is 2. The molecule has 3 amide bonds. The van der Waals surface area contributed by atoms with E-state index in [9.17, 15) is 19.5 Å². The molecule has 3 aliphatic rings. The predicted octanol–water partition coefficient (Wildman–Crippen LogP) is 0.706. The molecule has 3 atom stereocenters. The highest BCUT2D eigenvalue weighted by Crippen LogP contribution is 2.36. The first-order valence-electron chi connectivity index (χ1n) is 10.5. The van der Waals surface area contributed by atoms with E-state index >= 15 is 4.39 Å². The van der Waals surface area contributed by atoms with Gasteiger partial charge in [-0.05, 0) is 37.0 Å². The van der Waals surface area contributed by atoms with Crippen LogP contribution in [0.1, 0.15) is 19.8 Å². The number of carbonyl (C=O) groups excluding carboxylic acids is 3. The van der Waals surface area contributed by atoms with E-state index in [4.69, 9.17) is 4.74 Å². The highest BCUT2D eigenvalue weighted by atomic mass is 19.1. The smallest absolute Gasteiger partial charge is 0.414 e. The zero-order valence-corrected chi connectivity index (χ0v) is 17.4. The van der Waals surface area contributed by atoms with E-state index in [0.717, 1.165) is 12.8 Å². The number of benzene rings is 1. The highest BCUT2D eigenvalue weighted by molar-refractivity contribution is 5.90. The van der Waals surface area contributed by atoms with Crippen LogP contribution in [0.2, 0.25) is 0 Å². The number of amides is 3. The van der Waals surface area contributed by atoms with Crippen LogP contribution in [0.4, 0.5) is 20.6 Å². The standard InChI is InChI=1S/C21H27FN4O5/c1-13(28)23-8-16-10-26(21(30)31-16)15-4-5-18(17(22)7-15)24-9-14-3-2-6-25(19(14)11-24)20(29)12-27/h4-5,7,14,16,19,27H,2-3,6,8-12H2,1H3,(H,23,28)/t14?,16?,19-/m0/s1. The molecule has 10 heteroatoms. The number of nitrogens with one attached hydrogen (secondary N) is 1. The summed E-state index contributed by atoms with van der Waals surface area (Å²) in [6.45, 7) is 3.07. The second-order valence-corrected chi connectivity index (χ2v) is 8.31. The molecule has 3 heterocycles. The Morgan fingerprint density at radius 1 is 1.29 bits per heavy atom. The quantitative estimate of drug-likeness (QED) is 0.708. The van der Waals surface area contributed by atoms with Gasteiger partial charge in [-0.25, -0.2) is 9.18 Å². The van der Waals surface area contributed by atoms with Crippen molar-refractivity contribution in [3.63, 3.8) is 0 Å². The van der Waals surface area contributed by atoms with Gasteiger partial charge in [0.2, 0.25) is 11.8 Å². The number of rotatable bonds is 5. The fourth-order valence-electron chi connectivity index (χ4n) is 4.79. The zero-order valence-electron chi connectivity index (χ0n) is 17.4. The average Bonchev–Trinajstić information content (AvgIpc) is 3.34. The normalized spacial score (nSPS) is 25.5. The number of fused-ring (bicyclic) bond motifs is 1. The third-order valence-electron chi connectivity index (χ3n) is 6.27. The first-order chi connectivity index (χ1) is 14.9. The summed E-state index contributed by atoms with van der Waals surface area (Å²) < 4.78 is 20.3.